The molecule has 1 heterocycles. The summed E-state index contributed by atoms with van der Waals surface area (Å²) in [6.45, 7) is 5.86. The summed E-state index contributed by atoms with van der Waals surface area (Å²) in [6.07, 6.45) is 2.27. The highest BCUT2D eigenvalue weighted by Crippen LogP contribution is 2.23. The van der Waals surface area contributed by atoms with Gasteiger partial charge in [0, 0.05) is 23.1 Å². The van der Waals surface area contributed by atoms with E-state index in [1.54, 1.807) is 0 Å². The van der Waals surface area contributed by atoms with Gasteiger partial charge in [0.15, 0.2) is 0 Å². The van der Waals surface area contributed by atoms with E-state index in [9.17, 15) is 4.79 Å². The molecule has 0 radical (unpaired) electrons. The zero-order valence-electron chi connectivity index (χ0n) is 9.72. The van der Waals surface area contributed by atoms with Crippen LogP contribution in [0.1, 0.15) is 34.3 Å². The highest BCUT2D eigenvalue weighted by Gasteiger charge is 2.21. The maximum Gasteiger partial charge on any atom is 0.254 e. The van der Waals surface area contributed by atoms with Crippen LogP contribution >= 0.6 is 15.9 Å². The van der Waals surface area contributed by atoms with Crippen molar-refractivity contribution in [2.24, 2.45) is 0 Å². The fourth-order valence-corrected chi connectivity index (χ4v) is 2.49. The van der Waals surface area contributed by atoms with Gasteiger partial charge in [-0.3, -0.25) is 4.79 Å². The van der Waals surface area contributed by atoms with Gasteiger partial charge in [-0.15, -0.1) is 0 Å². The third-order valence-corrected chi connectivity index (χ3v) is 3.98. The minimum atomic E-state index is 0.177. The number of amides is 1. The molecule has 1 saturated heterocycles. The number of carbonyl (C=O) groups excluding carboxylic acids is 1. The molecule has 0 N–H and O–H groups in total. The first-order chi connectivity index (χ1) is 7.59. The molecule has 1 fully saturated rings. The monoisotopic (exact) mass is 281 g/mol. The minimum absolute atomic E-state index is 0.177. The lowest BCUT2D eigenvalue weighted by atomic mass is 10.0. The number of benzene rings is 1. The van der Waals surface area contributed by atoms with E-state index >= 15 is 0 Å². The number of nitrogens with zero attached hydrogens (tertiary/aromatic N) is 1. The predicted molar refractivity (Wildman–Crippen MR) is 68.8 cm³/mol. The minimum Gasteiger partial charge on any atom is -0.339 e. The number of halogens is 1. The Hall–Kier alpha value is -0.830. The van der Waals surface area contributed by atoms with Crippen molar-refractivity contribution in [3.05, 3.63) is 33.3 Å². The normalized spacial score (nSPS) is 15.6. The summed E-state index contributed by atoms with van der Waals surface area (Å²) in [6, 6.07) is 4.01. The molecule has 1 aromatic carbocycles. The topological polar surface area (TPSA) is 20.3 Å². The quantitative estimate of drug-likeness (QED) is 0.774. The van der Waals surface area contributed by atoms with Gasteiger partial charge in [-0.25, -0.2) is 0 Å². The molecule has 1 aliphatic rings. The van der Waals surface area contributed by atoms with E-state index in [0.29, 0.717) is 0 Å². The highest BCUT2D eigenvalue weighted by atomic mass is 79.9. The molecule has 3 heteroatoms. The molecule has 1 amide bonds. The van der Waals surface area contributed by atoms with Crippen LogP contribution in [-0.4, -0.2) is 23.9 Å². The van der Waals surface area contributed by atoms with Crippen molar-refractivity contribution in [1.29, 1.82) is 0 Å². The van der Waals surface area contributed by atoms with E-state index < -0.39 is 0 Å². The Morgan fingerprint density at radius 1 is 1.19 bits per heavy atom. The predicted octanol–water partition coefficient (Wildman–Crippen LogP) is 3.30. The van der Waals surface area contributed by atoms with Crippen LogP contribution in [0, 0.1) is 13.8 Å². The van der Waals surface area contributed by atoms with Crippen LogP contribution < -0.4 is 0 Å². The lowest BCUT2D eigenvalue weighted by molar-refractivity contribution is 0.0792. The van der Waals surface area contributed by atoms with E-state index in [-0.39, 0.29) is 5.91 Å². The van der Waals surface area contributed by atoms with Crippen molar-refractivity contribution >= 4 is 21.8 Å². The molecule has 0 atom stereocenters. The summed E-state index contributed by atoms with van der Waals surface area (Å²) in [4.78, 5) is 14.2. The summed E-state index contributed by atoms with van der Waals surface area (Å²) in [5, 5.41) is 0. The smallest absolute Gasteiger partial charge is 0.254 e. The first-order valence-electron chi connectivity index (χ1n) is 5.65. The van der Waals surface area contributed by atoms with E-state index in [1.807, 2.05) is 24.8 Å². The zero-order valence-corrected chi connectivity index (χ0v) is 11.3. The van der Waals surface area contributed by atoms with Gasteiger partial charge in [0.25, 0.3) is 5.91 Å². The average Bonchev–Trinajstić information content (AvgIpc) is 2.75. The second-order valence-corrected chi connectivity index (χ2v) is 5.27. The molecule has 2 rings (SSSR count). The van der Waals surface area contributed by atoms with Gasteiger partial charge in [-0.2, -0.15) is 0 Å². The fourth-order valence-electron chi connectivity index (χ4n) is 2.15. The van der Waals surface area contributed by atoms with Crippen molar-refractivity contribution < 1.29 is 4.79 Å². The lowest BCUT2D eigenvalue weighted by Gasteiger charge is -2.17. The second-order valence-electron chi connectivity index (χ2n) is 4.42. The molecule has 0 bridgehead atoms. The molecule has 86 valence electrons. The summed E-state index contributed by atoms with van der Waals surface area (Å²) in [7, 11) is 0. The largest absolute Gasteiger partial charge is 0.339 e. The highest BCUT2D eigenvalue weighted by molar-refractivity contribution is 9.10. The van der Waals surface area contributed by atoms with Crippen LogP contribution in [0.4, 0.5) is 0 Å². The van der Waals surface area contributed by atoms with Crippen molar-refractivity contribution in [3.8, 4) is 0 Å². The van der Waals surface area contributed by atoms with Crippen LogP contribution in [0.15, 0.2) is 16.6 Å². The fraction of sp³-hybridized carbons (Fsp3) is 0.462. The van der Waals surface area contributed by atoms with Gasteiger partial charge in [0.1, 0.15) is 0 Å². The van der Waals surface area contributed by atoms with Crippen LogP contribution in [0.25, 0.3) is 0 Å². The Bertz CT molecular complexity index is 422. The Morgan fingerprint density at radius 2 is 1.81 bits per heavy atom. The molecule has 0 unspecified atom stereocenters. The van der Waals surface area contributed by atoms with Crippen LogP contribution in [0.2, 0.25) is 0 Å². The molecule has 1 aliphatic heterocycles. The average molecular weight is 282 g/mol. The van der Waals surface area contributed by atoms with Crippen LogP contribution in [0.5, 0.6) is 0 Å². The van der Waals surface area contributed by atoms with E-state index in [4.69, 9.17) is 0 Å². The van der Waals surface area contributed by atoms with Gasteiger partial charge in [0.2, 0.25) is 0 Å². The first-order valence-corrected chi connectivity index (χ1v) is 6.45. The molecule has 0 aromatic heterocycles. The number of hydrogen-bond acceptors (Lipinski definition) is 1. The third kappa shape index (κ3) is 2.14. The Kier molecular flexibility index (Phi) is 3.33. The van der Waals surface area contributed by atoms with Crippen LogP contribution in [0.3, 0.4) is 0 Å². The van der Waals surface area contributed by atoms with Crippen molar-refractivity contribution in [1.82, 2.24) is 4.90 Å². The molecular weight excluding hydrogens is 266 g/mol. The number of hydrogen-bond donors (Lipinski definition) is 0. The van der Waals surface area contributed by atoms with Crippen molar-refractivity contribution in [2.75, 3.05) is 13.1 Å². The number of carbonyl (C=O) groups is 1. The summed E-state index contributed by atoms with van der Waals surface area (Å²) in [5.41, 5.74) is 3.08. The van der Waals surface area contributed by atoms with E-state index in [1.165, 1.54) is 5.56 Å². The van der Waals surface area contributed by atoms with Crippen molar-refractivity contribution in [2.45, 2.75) is 26.7 Å². The zero-order chi connectivity index (χ0) is 11.7. The molecule has 1 aromatic rings. The molecule has 16 heavy (non-hydrogen) atoms. The summed E-state index contributed by atoms with van der Waals surface area (Å²) in [5.74, 6) is 0.177. The lowest BCUT2D eigenvalue weighted by Crippen LogP contribution is -2.28. The molecule has 0 saturated carbocycles. The van der Waals surface area contributed by atoms with Crippen LogP contribution in [-0.2, 0) is 0 Å². The maximum absolute atomic E-state index is 12.2. The standard InChI is InChI=1S/C13H16BrNO/c1-9-7-10(2)12(14)8-11(9)13(16)15-5-3-4-6-15/h7-8H,3-6H2,1-2H3. The van der Waals surface area contributed by atoms with Crippen molar-refractivity contribution in [3.63, 3.8) is 0 Å². The molecular formula is C13H16BrNO. The molecule has 0 aliphatic carbocycles. The second kappa shape index (κ2) is 4.58. The van der Waals surface area contributed by atoms with Gasteiger partial charge in [-0.1, -0.05) is 22.0 Å². The number of likely N-dealkylation sites (tertiary alicyclic amines) is 1. The number of rotatable bonds is 1. The Morgan fingerprint density at radius 3 is 2.44 bits per heavy atom. The summed E-state index contributed by atoms with van der Waals surface area (Å²) >= 11 is 3.49. The first kappa shape index (κ1) is 11.6. The van der Waals surface area contributed by atoms with E-state index in [2.05, 4.69) is 22.0 Å². The molecule has 0 spiro atoms. The SMILES string of the molecule is Cc1cc(C)c(C(=O)N2CCCC2)cc1Br. The van der Waals surface area contributed by atoms with Gasteiger partial charge >= 0.3 is 0 Å². The Labute approximate surface area is 105 Å². The summed E-state index contributed by atoms with van der Waals surface area (Å²) < 4.78 is 1.01. The van der Waals surface area contributed by atoms with Gasteiger partial charge in [-0.05, 0) is 43.9 Å². The third-order valence-electron chi connectivity index (χ3n) is 3.13. The van der Waals surface area contributed by atoms with Gasteiger partial charge < -0.3 is 4.90 Å². The maximum atomic E-state index is 12.2. The Balaban J connectivity index is 2.32. The number of aryl methyl sites for hydroxylation is 2. The van der Waals surface area contributed by atoms with E-state index in [0.717, 1.165) is 41.5 Å². The molecule has 2 nitrogen and oxygen atoms in total. The van der Waals surface area contributed by atoms with Gasteiger partial charge in [0.05, 0.1) is 0 Å².